The maximum atomic E-state index is 9.68. The minimum absolute atomic E-state index is 0.115. The van der Waals surface area contributed by atoms with Crippen LogP contribution in [0.25, 0.3) is 0 Å². The molecule has 2 N–H and O–H groups in total. The fourth-order valence-electron chi connectivity index (χ4n) is 3.58. The summed E-state index contributed by atoms with van der Waals surface area (Å²) < 4.78 is 2.42. The standard InChI is InChI=1S/C17H29N3O/c1-13-18-15-6-3-4-7-16(15)20(13)11-5-10-17(2,12-21)19-14-8-9-14/h14,19,21H,3-12H2,1-2H3. The van der Waals surface area contributed by atoms with Crippen LogP contribution in [-0.4, -0.2) is 32.8 Å². The third-order valence-electron chi connectivity index (χ3n) is 5.01. The first-order chi connectivity index (χ1) is 10.1. The second-order valence-electron chi connectivity index (χ2n) is 7.15. The first-order valence-electron chi connectivity index (χ1n) is 8.55. The lowest BCUT2D eigenvalue weighted by Crippen LogP contribution is -2.47. The Balaban J connectivity index is 1.58. The van der Waals surface area contributed by atoms with Crippen molar-refractivity contribution in [3.63, 3.8) is 0 Å². The fourth-order valence-corrected chi connectivity index (χ4v) is 3.58. The minimum atomic E-state index is -0.115. The fraction of sp³-hybridized carbons (Fsp3) is 0.824. The quantitative estimate of drug-likeness (QED) is 0.811. The number of imidazole rings is 1. The second kappa shape index (κ2) is 6.09. The van der Waals surface area contributed by atoms with Crippen molar-refractivity contribution in [2.24, 2.45) is 0 Å². The van der Waals surface area contributed by atoms with E-state index < -0.39 is 0 Å². The van der Waals surface area contributed by atoms with Crippen LogP contribution in [0, 0.1) is 6.92 Å². The maximum absolute atomic E-state index is 9.68. The number of fused-ring (bicyclic) bond motifs is 1. The van der Waals surface area contributed by atoms with Gasteiger partial charge in [0.15, 0.2) is 0 Å². The molecule has 1 aromatic rings. The van der Waals surface area contributed by atoms with E-state index in [4.69, 9.17) is 4.98 Å². The van der Waals surface area contributed by atoms with E-state index in [1.807, 2.05) is 0 Å². The highest BCUT2D eigenvalue weighted by Crippen LogP contribution is 2.26. The van der Waals surface area contributed by atoms with Gasteiger partial charge in [-0.2, -0.15) is 0 Å². The molecule has 3 rings (SSSR count). The van der Waals surface area contributed by atoms with Gasteiger partial charge in [0.05, 0.1) is 12.3 Å². The molecule has 1 saturated carbocycles. The molecule has 2 aliphatic carbocycles. The van der Waals surface area contributed by atoms with E-state index in [0.717, 1.165) is 25.8 Å². The van der Waals surface area contributed by atoms with Crippen LogP contribution in [0.1, 0.15) is 62.7 Å². The van der Waals surface area contributed by atoms with Crippen LogP contribution in [0.15, 0.2) is 0 Å². The first-order valence-corrected chi connectivity index (χ1v) is 8.55. The lowest BCUT2D eigenvalue weighted by atomic mass is 9.96. The smallest absolute Gasteiger partial charge is 0.106 e. The number of rotatable bonds is 7. The number of nitrogens with zero attached hydrogens (tertiary/aromatic N) is 2. The average Bonchev–Trinajstić information content (AvgIpc) is 3.22. The molecule has 1 heterocycles. The highest BCUT2D eigenvalue weighted by molar-refractivity contribution is 5.19. The third kappa shape index (κ3) is 3.49. The lowest BCUT2D eigenvalue weighted by Gasteiger charge is -2.29. The van der Waals surface area contributed by atoms with Crippen LogP contribution >= 0.6 is 0 Å². The molecule has 2 aliphatic rings. The Morgan fingerprint density at radius 1 is 1.33 bits per heavy atom. The summed E-state index contributed by atoms with van der Waals surface area (Å²) >= 11 is 0. The summed E-state index contributed by atoms with van der Waals surface area (Å²) in [6, 6.07) is 0.643. The average molecular weight is 291 g/mol. The first kappa shape index (κ1) is 15.0. The minimum Gasteiger partial charge on any atom is -0.394 e. The van der Waals surface area contributed by atoms with Crippen molar-refractivity contribution in [2.75, 3.05) is 6.61 Å². The number of hydrogen-bond acceptors (Lipinski definition) is 3. The molecule has 4 nitrogen and oxygen atoms in total. The Kier molecular flexibility index (Phi) is 4.36. The predicted molar refractivity (Wildman–Crippen MR) is 84.5 cm³/mol. The van der Waals surface area contributed by atoms with Crippen LogP contribution in [0.3, 0.4) is 0 Å². The Morgan fingerprint density at radius 2 is 2.10 bits per heavy atom. The Hall–Kier alpha value is -0.870. The summed E-state index contributed by atoms with van der Waals surface area (Å²) in [4.78, 5) is 4.74. The molecule has 0 saturated heterocycles. The molecule has 4 heteroatoms. The van der Waals surface area contributed by atoms with Crippen LogP contribution in [0.5, 0.6) is 0 Å². The lowest BCUT2D eigenvalue weighted by molar-refractivity contribution is 0.160. The maximum Gasteiger partial charge on any atom is 0.106 e. The monoisotopic (exact) mass is 291 g/mol. The molecule has 0 amide bonds. The summed E-state index contributed by atoms with van der Waals surface area (Å²) in [5.41, 5.74) is 2.69. The largest absolute Gasteiger partial charge is 0.394 e. The van der Waals surface area contributed by atoms with E-state index in [0.29, 0.717) is 6.04 Å². The van der Waals surface area contributed by atoms with Gasteiger partial charge < -0.3 is 15.0 Å². The molecule has 1 unspecified atom stereocenters. The van der Waals surface area contributed by atoms with Gasteiger partial charge in [0, 0.05) is 23.8 Å². The molecular weight excluding hydrogens is 262 g/mol. The molecule has 21 heavy (non-hydrogen) atoms. The summed E-state index contributed by atoms with van der Waals surface area (Å²) in [5.74, 6) is 1.17. The molecule has 0 radical (unpaired) electrons. The highest BCUT2D eigenvalue weighted by atomic mass is 16.3. The van der Waals surface area contributed by atoms with Crippen molar-refractivity contribution in [2.45, 2.75) is 83.3 Å². The van der Waals surface area contributed by atoms with Gasteiger partial charge in [0.25, 0.3) is 0 Å². The topological polar surface area (TPSA) is 50.1 Å². The molecule has 0 bridgehead atoms. The van der Waals surface area contributed by atoms with Crippen molar-refractivity contribution in [3.8, 4) is 0 Å². The Morgan fingerprint density at radius 3 is 2.81 bits per heavy atom. The Bertz CT molecular complexity index is 492. The zero-order chi connectivity index (χ0) is 14.9. The zero-order valence-electron chi connectivity index (χ0n) is 13.5. The second-order valence-corrected chi connectivity index (χ2v) is 7.15. The van der Waals surface area contributed by atoms with E-state index in [1.165, 1.54) is 49.3 Å². The normalized spacial score (nSPS) is 21.1. The number of aliphatic hydroxyl groups excluding tert-OH is 1. The van der Waals surface area contributed by atoms with Gasteiger partial charge in [-0.05, 0) is 65.2 Å². The summed E-state index contributed by atoms with van der Waals surface area (Å²) in [7, 11) is 0. The van der Waals surface area contributed by atoms with Crippen molar-refractivity contribution in [3.05, 3.63) is 17.2 Å². The van der Waals surface area contributed by atoms with Crippen molar-refractivity contribution in [1.82, 2.24) is 14.9 Å². The van der Waals surface area contributed by atoms with Gasteiger partial charge in [-0.25, -0.2) is 4.98 Å². The van der Waals surface area contributed by atoms with Gasteiger partial charge in [-0.15, -0.1) is 0 Å². The molecule has 0 aromatic carbocycles. The highest BCUT2D eigenvalue weighted by Gasteiger charge is 2.31. The summed E-state index contributed by atoms with van der Waals surface area (Å²) in [5, 5.41) is 13.3. The van der Waals surface area contributed by atoms with E-state index in [1.54, 1.807) is 0 Å². The van der Waals surface area contributed by atoms with Crippen LogP contribution in [0.4, 0.5) is 0 Å². The summed E-state index contributed by atoms with van der Waals surface area (Å²) in [6.45, 7) is 5.55. The number of nitrogens with one attached hydrogen (secondary N) is 1. The van der Waals surface area contributed by atoms with Crippen molar-refractivity contribution < 1.29 is 5.11 Å². The zero-order valence-corrected chi connectivity index (χ0v) is 13.5. The molecule has 118 valence electrons. The van der Waals surface area contributed by atoms with E-state index in [2.05, 4.69) is 23.7 Å². The summed E-state index contributed by atoms with van der Waals surface area (Å²) in [6.07, 6.45) is 9.59. The molecule has 1 aromatic heterocycles. The molecule has 1 fully saturated rings. The van der Waals surface area contributed by atoms with Gasteiger partial charge >= 0.3 is 0 Å². The van der Waals surface area contributed by atoms with E-state index >= 15 is 0 Å². The van der Waals surface area contributed by atoms with Crippen LogP contribution in [-0.2, 0) is 19.4 Å². The molecular formula is C17H29N3O. The van der Waals surface area contributed by atoms with Gasteiger partial charge in [0.2, 0.25) is 0 Å². The number of hydrogen-bond donors (Lipinski definition) is 2. The Labute approximate surface area is 128 Å². The van der Waals surface area contributed by atoms with Crippen molar-refractivity contribution >= 4 is 0 Å². The molecule has 1 atom stereocenters. The number of aryl methyl sites for hydroxylation is 2. The molecule has 0 aliphatic heterocycles. The predicted octanol–water partition coefficient (Wildman–Crippen LogP) is 2.35. The number of aromatic nitrogens is 2. The van der Waals surface area contributed by atoms with Crippen molar-refractivity contribution in [1.29, 1.82) is 0 Å². The van der Waals surface area contributed by atoms with Gasteiger partial charge in [0.1, 0.15) is 5.82 Å². The third-order valence-corrected chi connectivity index (χ3v) is 5.01. The SMILES string of the molecule is Cc1nc2c(n1CCCC(C)(CO)NC1CC1)CCCC2. The number of aliphatic hydroxyl groups is 1. The van der Waals surface area contributed by atoms with Gasteiger partial charge in [-0.1, -0.05) is 0 Å². The van der Waals surface area contributed by atoms with E-state index in [9.17, 15) is 5.11 Å². The van der Waals surface area contributed by atoms with Gasteiger partial charge in [-0.3, -0.25) is 0 Å². The van der Waals surface area contributed by atoms with Crippen LogP contribution in [0.2, 0.25) is 0 Å². The van der Waals surface area contributed by atoms with Crippen LogP contribution < -0.4 is 5.32 Å². The van der Waals surface area contributed by atoms with E-state index in [-0.39, 0.29) is 12.1 Å². The molecule has 0 spiro atoms.